The number of hydrogen-bond donors (Lipinski definition) is 1. The van der Waals surface area contributed by atoms with E-state index in [1.807, 2.05) is 0 Å². The Bertz CT molecular complexity index is 1010. The maximum atomic E-state index is 12.4. The third kappa shape index (κ3) is 4.57. The van der Waals surface area contributed by atoms with Gasteiger partial charge in [-0.05, 0) is 30.6 Å². The monoisotopic (exact) mass is 432 g/mol. The summed E-state index contributed by atoms with van der Waals surface area (Å²) in [5.41, 5.74) is 1.44. The van der Waals surface area contributed by atoms with Crippen LogP contribution in [0.15, 0.2) is 46.6 Å². The van der Waals surface area contributed by atoms with Crippen molar-refractivity contribution < 1.29 is 28.9 Å². The van der Waals surface area contributed by atoms with Crippen molar-refractivity contribution in [3.05, 3.63) is 61.7 Å². The molecule has 164 valence electrons. The van der Waals surface area contributed by atoms with Crippen molar-refractivity contribution in [2.24, 2.45) is 10.5 Å². The van der Waals surface area contributed by atoms with E-state index in [2.05, 4.69) is 17.1 Å². The van der Waals surface area contributed by atoms with Crippen LogP contribution in [0, 0.1) is 25.6 Å². The molecule has 0 radical (unpaired) electrons. The molecule has 0 aromatic heterocycles. The number of nitrogens with zero attached hydrogens (tertiary/aromatic N) is 3. The van der Waals surface area contributed by atoms with Crippen LogP contribution in [0.5, 0.6) is 0 Å². The topological polar surface area (TPSA) is 163 Å². The largest absolute Gasteiger partial charge is 0.468 e. The lowest BCUT2D eigenvalue weighted by atomic mass is 9.70. The van der Waals surface area contributed by atoms with E-state index in [-0.39, 0.29) is 18.5 Å². The highest BCUT2D eigenvalue weighted by atomic mass is 16.6. The molecule has 0 amide bonds. The summed E-state index contributed by atoms with van der Waals surface area (Å²) in [5, 5.41) is 26.0. The van der Waals surface area contributed by atoms with E-state index < -0.39 is 38.6 Å². The van der Waals surface area contributed by atoms with Gasteiger partial charge in [0.2, 0.25) is 0 Å². The van der Waals surface area contributed by atoms with Crippen molar-refractivity contribution in [2.75, 3.05) is 19.6 Å². The van der Waals surface area contributed by atoms with E-state index in [1.165, 1.54) is 6.21 Å². The van der Waals surface area contributed by atoms with Crippen molar-refractivity contribution >= 4 is 35.2 Å². The molecule has 31 heavy (non-hydrogen) atoms. The first-order valence-corrected chi connectivity index (χ1v) is 8.84. The van der Waals surface area contributed by atoms with Gasteiger partial charge in [0.25, 0.3) is 5.69 Å². The number of carbonyl (C=O) groups excluding carboxylic acids is 2. The van der Waals surface area contributed by atoms with Crippen LogP contribution in [0.1, 0.15) is 19.8 Å². The van der Waals surface area contributed by atoms with E-state index in [4.69, 9.17) is 9.47 Å². The Morgan fingerprint density at radius 2 is 1.77 bits per heavy atom. The van der Waals surface area contributed by atoms with E-state index in [0.29, 0.717) is 16.7 Å². The Morgan fingerprint density at radius 1 is 1.16 bits per heavy atom. The van der Waals surface area contributed by atoms with Crippen LogP contribution in [0.2, 0.25) is 0 Å². The average molecular weight is 432 g/mol. The number of methoxy groups -OCH3 is 2. The summed E-state index contributed by atoms with van der Waals surface area (Å²) in [7, 11) is 2.31. The van der Waals surface area contributed by atoms with E-state index in [0.717, 1.165) is 32.4 Å². The van der Waals surface area contributed by atoms with Gasteiger partial charge in [-0.3, -0.25) is 35.2 Å². The minimum absolute atomic E-state index is 0.0107. The Balaban J connectivity index is 2.37. The summed E-state index contributed by atoms with van der Waals surface area (Å²) >= 11 is 0. The summed E-state index contributed by atoms with van der Waals surface area (Å²) < 4.78 is 9.60. The van der Waals surface area contributed by atoms with Crippen molar-refractivity contribution in [2.45, 2.75) is 19.8 Å². The van der Waals surface area contributed by atoms with Crippen molar-refractivity contribution in [1.29, 1.82) is 0 Å². The lowest BCUT2D eigenvalue weighted by molar-refractivity contribution is -0.393. The SMILES string of the molecule is C=C1CC(C(=O)OC)(C(=O)OC)CC(C=NNc2ccc([N+](=O)[O-])cc2[N+](=O)[O-])=C1C. The number of nitro groups is 2. The predicted molar refractivity (Wildman–Crippen MR) is 109 cm³/mol. The van der Waals surface area contributed by atoms with E-state index in [9.17, 15) is 29.8 Å². The van der Waals surface area contributed by atoms with Crippen molar-refractivity contribution in [3.63, 3.8) is 0 Å². The highest BCUT2D eigenvalue weighted by Gasteiger charge is 2.51. The lowest BCUT2D eigenvalue weighted by Crippen LogP contribution is -2.44. The number of ether oxygens (including phenoxy) is 2. The first-order valence-electron chi connectivity index (χ1n) is 8.84. The van der Waals surface area contributed by atoms with Crippen LogP contribution in [0.25, 0.3) is 0 Å². The molecule has 1 aromatic rings. The molecule has 12 heteroatoms. The van der Waals surface area contributed by atoms with Crippen molar-refractivity contribution in [3.8, 4) is 0 Å². The maximum absolute atomic E-state index is 12.4. The summed E-state index contributed by atoms with van der Waals surface area (Å²) in [5.74, 6) is -1.56. The van der Waals surface area contributed by atoms with Gasteiger partial charge in [0, 0.05) is 12.5 Å². The predicted octanol–water partition coefficient (Wildman–Crippen LogP) is 2.90. The molecule has 0 bridgehead atoms. The number of nitrogens with one attached hydrogen (secondary N) is 1. The molecule has 0 aliphatic heterocycles. The van der Waals surface area contributed by atoms with Crippen molar-refractivity contribution in [1.82, 2.24) is 0 Å². The third-order valence-electron chi connectivity index (χ3n) is 4.97. The van der Waals surface area contributed by atoms with Crippen LogP contribution < -0.4 is 5.43 Å². The van der Waals surface area contributed by atoms with Crippen LogP contribution >= 0.6 is 0 Å². The molecule has 2 rings (SSSR count). The molecule has 0 unspecified atom stereocenters. The highest BCUT2D eigenvalue weighted by Crippen LogP contribution is 2.43. The molecule has 1 aliphatic carbocycles. The standard InChI is InChI=1S/C19H20N4O8/c1-11-8-19(17(24)30-3,18(25)31-4)9-13(12(11)2)10-20-21-15-6-5-14(22(26)27)7-16(15)23(28)29/h5-7,10,21H,1,8-9H2,2-4H3. The summed E-state index contributed by atoms with van der Waals surface area (Å²) in [4.78, 5) is 45.4. The quantitative estimate of drug-likeness (QED) is 0.224. The smallest absolute Gasteiger partial charge is 0.323 e. The Labute approximate surface area is 176 Å². The zero-order valence-corrected chi connectivity index (χ0v) is 17.0. The number of rotatable bonds is 7. The number of hydrazone groups is 1. The second-order valence-electron chi connectivity index (χ2n) is 6.76. The molecular weight excluding hydrogens is 412 g/mol. The lowest BCUT2D eigenvalue weighted by Gasteiger charge is -2.34. The van der Waals surface area contributed by atoms with Crippen LogP contribution in [-0.2, 0) is 19.1 Å². The van der Waals surface area contributed by atoms with E-state index in [1.54, 1.807) is 6.92 Å². The minimum atomic E-state index is -1.62. The number of allylic oxidation sites excluding steroid dienone is 3. The van der Waals surface area contributed by atoms with Crippen LogP contribution in [0.3, 0.4) is 0 Å². The molecule has 0 heterocycles. The van der Waals surface area contributed by atoms with Gasteiger partial charge in [0.05, 0.1) is 36.3 Å². The second kappa shape index (κ2) is 9.15. The van der Waals surface area contributed by atoms with Gasteiger partial charge in [-0.2, -0.15) is 5.10 Å². The van der Waals surface area contributed by atoms with E-state index >= 15 is 0 Å². The fraction of sp³-hybridized carbons (Fsp3) is 0.316. The van der Waals surface area contributed by atoms with Gasteiger partial charge in [0.1, 0.15) is 5.69 Å². The van der Waals surface area contributed by atoms with Gasteiger partial charge in [-0.1, -0.05) is 12.2 Å². The Morgan fingerprint density at radius 3 is 2.29 bits per heavy atom. The number of non-ortho nitro benzene ring substituents is 1. The molecule has 0 saturated heterocycles. The molecule has 0 saturated carbocycles. The van der Waals surface area contributed by atoms with Crippen LogP contribution in [-0.4, -0.2) is 42.2 Å². The number of hydrogen-bond acceptors (Lipinski definition) is 10. The minimum Gasteiger partial charge on any atom is -0.468 e. The molecule has 0 fully saturated rings. The molecular formula is C19H20N4O8. The number of benzene rings is 1. The Hall–Kier alpha value is -4.09. The first kappa shape index (κ1) is 23.2. The normalized spacial score (nSPS) is 15.5. The highest BCUT2D eigenvalue weighted by molar-refractivity contribution is 6.03. The third-order valence-corrected chi connectivity index (χ3v) is 4.97. The Kier molecular flexibility index (Phi) is 6.85. The number of nitro benzene ring substituents is 2. The van der Waals surface area contributed by atoms with Gasteiger partial charge in [-0.25, -0.2) is 0 Å². The number of anilines is 1. The summed E-state index contributed by atoms with van der Waals surface area (Å²) in [6.07, 6.45) is 1.23. The zero-order chi connectivity index (χ0) is 23.3. The maximum Gasteiger partial charge on any atom is 0.323 e. The van der Waals surface area contributed by atoms with Gasteiger partial charge in [0.15, 0.2) is 5.41 Å². The first-order chi connectivity index (χ1) is 14.6. The van der Waals surface area contributed by atoms with Gasteiger partial charge in [-0.15, -0.1) is 0 Å². The molecule has 0 spiro atoms. The fourth-order valence-corrected chi connectivity index (χ4v) is 3.21. The molecule has 12 nitrogen and oxygen atoms in total. The average Bonchev–Trinajstić information content (AvgIpc) is 2.75. The molecule has 1 aliphatic rings. The summed E-state index contributed by atoms with van der Waals surface area (Å²) in [6.45, 7) is 5.63. The number of esters is 2. The molecule has 1 N–H and O–H groups in total. The van der Waals surface area contributed by atoms with Gasteiger partial charge < -0.3 is 9.47 Å². The molecule has 0 atom stereocenters. The molecule has 1 aromatic carbocycles. The zero-order valence-electron chi connectivity index (χ0n) is 17.0. The second-order valence-corrected chi connectivity index (χ2v) is 6.76. The van der Waals surface area contributed by atoms with Crippen LogP contribution in [0.4, 0.5) is 17.1 Å². The van der Waals surface area contributed by atoms with Gasteiger partial charge >= 0.3 is 17.6 Å². The number of carbonyl (C=O) groups is 2. The summed E-state index contributed by atoms with van der Waals surface area (Å²) in [6, 6.07) is 3.06. The fourth-order valence-electron chi connectivity index (χ4n) is 3.21.